The van der Waals surface area contributed by atoms with Crippen LogP contribution in [0.25, 0.3) is 65.7 Å². The van der Waals surface area contributed by atoms with Crippen LogP contribution in [0.2, 0.25) is 0 Å². The first-order valence-corrected chi connectivity index (χ1v) is 16.5. The molecule has 1 aromatic heterocycles. The maximum Gasteiger partial charge on any atom is 0.169 e. The monoisotopic (exact) mass is 662 g/mol. The van der Waals surface area contributed by atoms with Crippen LogP contribution in [0.4, 0.5) is 0 Å². The van der Waals surface area contributed by atoms with E-state index in [-0.39, 0.29) is 52.6 Å². The Hall–Kier alpha value is -6.78. The topological polar surface area (TPSA) is 49.9 Å². The zero-order chi connectivity index (χ0) is 41.6. The fraction of sp³-hybridized carbons (Fsp3) is 0.0213. The molecule has 1 N–H and O–H groups in total. The summed E-state index contributed by atoms with van der Waals surface area (Å²) in [6, 6.07) is 35.8. The van der Waals surface area contributed by atoms with Crippen LogP contribution in [0, 0.1) is 0 Å². The lowest BCUT2D eigenvalue weighted by atomic mass is 9.93. The van der Waals surface area contributed by atoms with Gasteiger partial charge in [-0.25, -0.2) is 9.98 Å². The van der Waals surface area contributed by atoms with Gasteiger partial charge in [-0.05, 0) is 85.7 Å². The van der Waals surface area contributed by atoms with Gasteiger partial charge in [0.1, 0.15) is 22.8 Å². The van der Waals surface area contributed by atoms with Gasteiger partial charge in [-0.2, -0.15) is 0 Å². The largest absolute Gasteiger partial charge is 0.456 e. The Morgan fingerprint density at radius 1 is 0.510 bits per heavy atom. The summed E-state index contributed by atoms with van der Waals surface area (Å²) in [5, 5.41) is 8.13. The third kappa shape index (κ3) is 5.17. The van der Waals surface area contributed by atoms with Gasteiger partial charge in [-0.1, -0.05) is 139 Å². The lowest BCUT2D eigenvalue weighted by molar-refractivity contribution is 0.669. The van der Waals surface area contributed by atoms with Crippen molar-refractivity contribution in [1.82, 2.24) is 5.32 Å². The van der Waals surface area contributed by atoms with Crippen LogP contribution in [0.15, 0.2) is 190 Å². The Bertz CT molecular complexity index is 3330. The number of hydrogen-bond donors (Lipinski definition) is 1. The van der Waals surface area contributed by atoms with Gasteiger partial charge in [-0.15, -0.1) is 0 Å². The summed E-state index contributed by atoms with van der Waals surface area (Å²) in [4.78, 5) is 10.1. The lowest BCUT2D eigenvalue weighted by Crippen LogP contribution is -2.36. The van der Waals surface area contributed by atoms with E-state index in [2.05, 4.69) is 47.8 Å². The molecule has 4 heteroatoms. The van der Waals surface area contributed by atoms with Crippen molar-refractivity contribution in [2.24, 2.45) is 9.98 Å². The van der Waals surface area contributed by atoms with Crippen molar-refractivity contribution >= 4 is 55.2 Å². The quantitative estimate of drug-likeness (QED) is 0.199. The minimum absolute atomic E-state index is 0.00585. The molecule has 0 fully saturated rings. The number of amidine groups is 2. The minimum Gasteiger partial charge on any atom is -0.456 e. The molecular weight excluding hydrogens is 623 g/mol. The van der Waals surface area contributed by atoms with Gasteiger partial charge in [0.2, 0.25) is 0 Å². The number of benzene rings is 8. The third-order valence-electron chi connectivity index (χ3n) is 9.32. The fourth-order valence-electron chi connectivity index (χ4n) is 6.86. The Labute approximate surface area is 307 Å². The molecule has 240 valence electrons. The molecule has 0 amide bonds. The molecule has 0 saturated carbocycles. The molecule has 51 heavy (non-hydrogen) atoms. The molecule has 1 atom stereocenters. The van der Waals surface area contributed by atoms with E-state index in [0.29, 0.717) is 33.0 Å². The predicted molar refractivity (Wildman–Crippen MR) is 211 cm³/mol. The van der Waals surface area contributed by atoms with Crippen molar-refractivity contribution in [2.75, 3.05) is 0 Å². The molecule has 0 aliphatic carbocycles. The van der Waals surface area contributed by atoms with Crippen molar-refractivity contribution < 1.29 is 16.8 Å². The average molecular weight is 663 g/mol. The molecule has 0 radical (unpaired) electrons. The number of hydrogen-bond acceptors (Lipinski definition) is 4. The molecule has 4 nitrogen and oxygen atoms in total. The average Bonchev–Trinajstić information content (AvgIpc) is 3.66. The van der Waals surface area contributed by atoms with E-state index in [9.17, 15) is 0 Å². The minimum atomic E-state index is -0.982. The second-order valence-corrected chi connectivity index (χ2v) is 12.4. The molecule has 1 aliphatic heterocycles. The van der Waals surface area contributed by atoms with Crippen LogP contribution < -0.4 is 5.32 Å². The van der Waals surface area contributed by atoms with Gasteiger partial charge in [-0.3, -0.25) is 0 Å². The number of rotatable bonds is 5. The zero-order valence-electron chi connectivity index (χ0n) is 35.9. The molecule has 1 aliphatic rings. The highest BCUT2D eigenvalue weighted by molar-refractivity contribution is 6.26. The van der Waals surface area contributed by atoms with E-state index < -0.39 is 36.4 Å². The molecular formula is C47H31N3O. The van der Waals surface area contributed by atoms with Crippen molar-refractivity contribution in [3.63, 3.8) is 0 Å². The second kappa shape index (κ2) is 12.0. The molecule has 0 saturated heterocycles. The van der Waals surface area contributed by atoms with E-state index in [1.165, 1.54) is 6.07 Å². The highest BCUT2D eigenvalue weighted by Crippen LogP contribution is 2.39. The summed E-state index contributed by atoms with van der Waals surface area (Å²) in [6.45, 7) is 0. The third-order valence-corrected chi connectivity index (χ3v) is 9.32. The van der Waals surface area contributed by atoms with Crippen molar-refractivity contribution in [2.45, 2.75) is 6.17 Å². The van der Waals surface area contributed by atoms with Crippen LogP contribution in [0.1, 0.15) is 35.2 Å². The summed E-state index contributed by atoms with van der Waals surface area (Å²) in [5.41, 5.74) is 4.49. The van der Waals surface area contributed by atoms with Crippen LogP contribution in [-0.2, 0) is 0 Å². The number of aliphatic imine (C=N–C) groups is 2. The van der Waals surface area contributed by atoms with Crippen LogP contribution in [0.5, 0.6) is 0 Å². The molecule has 8 aromatic carbocycles. The summed E-state index contributed by atoms with van der Waals surface area (Å²) in [6.07, 6.45) is -0.982. The highest BCUT2D eigenvalue weighted by atomic mass is 16.3. The van der Waals surface area contributed by atoms with Crippen LogP contribution in [-0.4, -0.2) is 11.7 Å². The molecule has 1 unspecified atom stereocenters. The summed E-state index contributed by atoms with van der Waals surface area (Å²) in [5.74, 6) is 0.183. The Morgan fingerprint density at radius 3 is 2.04 bits per heavy atom. The fourth-order valence-corrected chi connectivity index (χ4v) is 6.86. The van der Waals surface area contributed by atoms with Gasteiger partial charge in [0, 0.05) is 21.9 Å². The Morgan fingerprint density at radius 2 is 1.20 bits per heavy atom. The Kier molecular flexibility index (Phi) is 5.01. The summed E-state index contributed by atoms with van der Waals surface area (Å²) >= 11 is 0. The highest BCUT2D eigenvalue weighted by Gasteiger charge is 2.26. The van der Waals surface area contributed by atoms with E-state index >= 15 is 0 Å². The second-order valence-electron chi connectivity index (χ2n) is 12.4. The molecule has 0 spiro atoms. The van der Waals surface area contributed by atoms with Crippen LogP contribution >= 0.6 is 0 Å². The van der Waals surface area contributed by atoms with Gasteiger partial charge >= 0.3 is 0 Å². The van der Waals surface area contributed by atoms with Crippen molar-refractivity contribution in [3.8, 4) is 22.3 Å². The first kappa shape index (κ1) is 21.3. The molecule has 10 rings (SSSR count). The van der Waals surface area contributed by atoms with Crippen molar-refractivity contribution in [3.05, 3.63) is 192 Å². The van der Waals surface area contributed by atoms with Gasteiger partial charge in [0.05, 0.1) is 12.3 Å². The standard InChI is InChI=1S/C47H31N3O/c1-3-12-31(13-4-1)39-25-26-42-43(40-17-9-10-18-41(40)51-42)44(39)47-49-45(32-14-5-2-6-15-32)48-46(50-47)38-24-23-36-28-35(21-22-37(36)29-38)34-20-19-30-11-7-8-16-33(30)27-34/h1-29,46H,(H,48,49,50)/i2D,5D,6D,9D,10D,14D,15D,18D,26D. The predicted octanol–water partition coefficient (Wildman–Crippen LogP) is 11.7. The number of para-hydroxylation sites is 1. The van der Waals surface area contributed by atoms with Gasteiger partial charge in [0.25, 0.3) is 0 Å². The normalized spacial score (nSPS) is 16.9. The van der Waals surface area contributed by atoms with Gasteiger partial charge < -0.3 is 9.73 Å². The Balaban J connectivity index is 1.21. The zero-order valence-corrected chi connectivity index (χ0v) is 26.9. The number of furan rings is 1. The molecule has 0 bridgehead atoms. The maximum absolute atomic E-state index is 9.09. The summed E-state index contributed by atoms with van der Waals surface area (Å²) < 4.78 is 83.9. The van der Waals surface area contributed by atoms with E-state index in [0.717, 1.165) is 32.7 Å². The van der Waals surface area contributed by atoms with Crippen molar-refractivity contribution in [1.29, 1.82) is 0 Å². The SMILES string of the molecule is [2H]c1cc2c(oc3c([2H])cc(-c4ccccc4)c(C4=NC(c5ccc6cc(-c7ccc8ccccc8c7)ccc6c5)N=C(c5c([2H])c([2H])c([2H])c([2H])c5[2H])N4)c32)c([2H])c1[2H]. The number of fused-ring (bicyclic) bond motifs is 5. The molecule has 2 heterocycles. The van der Waals surface area contributed by atoms with E-state index in [1.54, 1.807) is 6.07 Å². The van der Waals surface area contributed by atoms with Crippen LogP contribution in [0.3, 0.4) is 0 Å². The maximum atomic E-state index is 9.09. The lowest BCUT2D eigenvalue weighted by Gasteiger charge is -2.24. The smallest absolute Gasteiger partial charge is 0.169 e. The van der Waals surface area contributed by atoms with Gasteiger partial charge in [0.15, 0.2) is 6.17 Å². The number of nitrogens with one attached hydrogen (secondary N) is 1. The number of nitrogens with zero attached hydrogens (tertiary/aromatic N) is 2. The first-order valence-electron chi connectivity index (χ1n) is 21.0. The molecule has 9 aromatic rings. The van der Waals surface area contributed by atoms with E-state index in [4.69, 9.17) is 26.7 Å². The first-order chi connectivity index (χ1) is 29.0. The summed E-state index contributed by atoms with van der Waals surface area (Å²) in [7, 11) is 0. The van der Waals surface area contributed by atoms with E-state index in [1.807, 2.05) is 66.7 Å².